The van der Waals surface area contributed by atoms with E-state index in [0.717, 1.165) is 0 Å². The Balaban J connectivity index is 1.71. The summed E-state index contributed by atoms with van der Waals surface area (Å²) in [6.07, 6.45) is 0.854. The molecule has 8 heteroatoms. The van der Waals surface area contributed by atoms with Gasteiger partial charge >= 0.3 is 0 Å². The molecule has 2 aliphatic heterocycles. The van der Waals surface area contributed by atoms with Crippen molar-refractivity contribution >= 4 is 23.4 Å². The molecule has 0 unspecified atom stereocenters. The summed E-state index contributed by atoms with van der Waals surface area (Å²) in [5, 5.41) is 9.62. The summed E-state index contributed by atoms with van der Waals surface area (Å²) in [6, 6.07) is 3.64. The summed E-state index contributed by atoms with van der Waals surface area (Å²) in [5.41, 5.74) is -0.172. The van der Waals surface area contributed by atoms with Gasteiger partial charge in [0.2, 0.25) is 5.91 Å². The highest BCUT2D eigenvalue weighted by Gasteiger charge is 2.33. The Morgan fingerprint density at radius 2 is 2.00 bits per heavy atom. The minimum atomic E-state index is -0.677. The van der Waals surface area contributed by atoms with Crippen LogP contribution in [-0.2, 0) is 9.53 Å². The van der Waals surface area contributed by atoms with Crippen LogP contribution in [0.2, 0.25) is 5.02 Å². The lowest BCUT2D eigenvalue weighted by atomic mass is 10.0. The van der Waals surface area contributed by atoms with Crippen molar-refractivity contribution in [1.29, 1.82) is 0 Å². The summed E-state index contributed by atoms with van der Waals surface area (Å²) in [4.78, 5) is 28.6. The zero-order valence-electron chi connectivity index (χ0n) is 14.4. The molecule has 2 aliphatic rings. The van der Waals surface area contributed by atoms with Gasteiger partial charge < -0.3 is 19.6 Å². The van der Waals surface area contributed by atoms with E-state index in [1.807, 2.05) is 0 Å². The number of benzene rings is 1. The number of carbonyl (C=O) groups is 2. The molecule has 0 aliphatic carbocycles. The smallest absolute Gasteiger partial charge is 0.258 e. The summed E-state index contributed by atoms with van der Waals surface area (Å²) in [7, 11) is 0. The molecule has 0 bridgehead atoms. The van der Waals surface area contributed by atoms with Gasteiger partial charge in [0.25, 0.3) is 5.91 Å². The molecule has 2 heterocycles. The number of amides is 2. The van der Waals surface area contributed by atoms with Gasteiger partial charge in [0, 0.05) is 26.1 Å². The van der Waals surface area contributed by atoms with Crippen LogP contribution in [0.3, 0.4) is 0 Å². The largest absolute Gasteiger partial charge is 0.393 e. The van der Waals surface area contributed by atoms with Crippen molar-refractivity contribution in [2.75, 3.05) is 32.8 Å². The van der Waals surface area contributed by atoms with Crippen molar-refractivity contribution in [2.45, 2.75) is 31.4 Å². The van der Waals surface area contributed by atoms with Gasteiger partial charge in [-0.3, -0.25) is 9.59 Å². The summed E-state index contributed by atoms with van der Waals surface area (Å²) in [5.74, 6) is -1.29. The van der Waals surface area contributed by atoms with E-state index in [2.05, 4.69) is 0 Å². The van der Waals surface area contributed by atoms with Crippen LogP contribution in [-0.4, -0.2) is 71.7 Å². The number of morpholine rings is 1. The van der Waals surface area contributed by atoms with Crippen LogP contribution >= 0.6 is 11.6 Å². The molecule has 1 aromatic carbocycles. The van der Waals surface area contributed by atoms with Crippen LogP contribution in [0.5, 0.6) is 0 Å². The van der Waals surface area contributed by atoms with Crippen LogP contribution in [0.4, 0.5) is 4.39 Å². The van der Waals surface area contributed by atoms with Crippen LogP contribution < -0.4 is 0 Å². The first-order valence-corrected chi connectivity index (χ1v) is 9.13. The van der Waals surface area contributed by atoms with Crippen LogP contribution in [0.1, 0.15) is 29.6 Å². The van der Waals surface area contributed by atoms with Crippen molar-refractivity contribution < 1.29 is 23.8 Å². The Bertz CT molecular complexity index is 659. The molecule has 6 nitrogen and oxygen atoms in total. The molecule has 2 amide bonds. The maximum Gasteiger partial charge on any atom is 0.258 e. The number of rotatable bonds is 3. The standard InChI is InChI=1S/C18H22ClFN2O4/c19-14-2-1-3-15(20)17(14)18(25)22-8-9-26-11-12(22)10-16(24)21-6-4-13(23)5-7-21/h1-3,12-13,23H,4-11H2/t12-/m1/s1. The maximum absolute atomic E-state index is 14.1. The summed E-state index contributed by atoms with van der Waals surface area (Å²) in [6.45, 7) is 1.83. The van der Waals surface area contributed by atoms with E-state index < -0.39 is 17.8 Å². The van der Waals surface area contributed by atoms with Gasteiger partial charge in [-0.2, -0.15) is 0 Å². The molecule has 0 aromatic heterocycles. The molecule has 3 rings (SSSR count). The van der Waals surface area contributed by atoms with E-state index in [4.69, 9.17) is 16.3 Å². The van der Waals surface area contributed by atoms with E-state index in [9.17, 15) is 19.1 Å². The Kier molecular flexibility index (Phi) is 6.11. The molecular weight excluding hydrogens is 363 g/mol. The molecule has 0 spiro atoms. The van der Waals surface area contributed by atoms with Gasteiger partial charge in [0.1, 0.15) is 5.82 Å². The zero-order valence-corrected chi connectivity index (χ0v) is 15.1. The monoisotopic (exact) mass is 384 g/mol. The second-order valence-electron chi connectivity index (χ2n) is 6.64. The number of ether oxygens (including phenoxy) is 1. The highest BCUT2D eigenvalue weighted by atomic mass is 35.5. The predicted molar refractivity (Wildman–Crippen MR) is 93.5 cm³/mol. The van der Waals surface area contributed by atoms with E-state index in [1.165, 1.54) is 23.1 Å². The molecule has 0 radical (unpaired) electrons. The van der Waals surface area contributed by atoms with Gasteiger partial charge in [-0.15, -0.1) is 0 Å². The Labute approximate surface area is 156 Å². The summed E-state index contributed by atoms with van der Waals surface area (Å²) < 4.78 is 19.5. The highest BCUT2D eigenvalue weighted by molar-refractivity contribution is 6.33. The Morgan fingerprint density at radius 1 is 1.27 bits per heavy atom. The molecule has 0 saturated carbocycles. The second-order valence-corrected chi connectivity index (χ2v) is 7.05. The Hall–Kier alpha value is -1.70. The van der Waals surface area contributed by atoms with Crippen LogP contribution in [0, 0.1) is 5.82 Å². The molecular formula is C18H22ClFN2O4. The number of hydrogen-bond donors (Lipinski definition) is 1. The van der Waals surface area contributed by atoms with Crippen molar-refractivity contribution in [3.63, 3.8) is 0 Å². The zero-order chi connectivity index (χ0) is 18.7. The number of carbonyl (C=O) groups excluding carboxylic acids is 2. The molecule has 142 valence electrons. The van der Waals surface area contributed by atoms with Gasteiger partial charge in [-0.05, 0) is 25.0 Å². The number of aliphatic hydroxyl groups excluding tert-OH is 1. The predicted octanol–water partition coefficient (Wildman–Crippen LogP) is 1.69. The first-order valence-electron chi connectivity index (χ1n) is 8.76. The molecule has 2 saturated heterocycles. The van der Waals surface area contributed by atoms with Gasteiger partial charge in [0.15, 0.2) is 0 Å². The average Bonchev–Trinajstić information content (AvgIpc) is 2.62. The van der Waals surface area contributed by atoms with E-state index in [1.54, 1.807) is 4.90 Å². The number of nitrogens with zero attached hydrogens (tertiary/aromatic N) is 2. The fourth-order valence-electron chi connectivity index (χ4n) is 3.38. The number of halogens is 2. The van der Waals surface area contributed by atoms with Crippen LogP contribution in [0.15, 0.2) is 18.2 Å². The van der Waals surface area contributed by atoms with E-state index >= 15 is 0 Å². The Morgan fingerprint density at radius 3 is 2.69 bits per heavy atom. The first-order chi connectivity index (χ1) is 12.5. The molecule has 1 atom stereocenters. The number of hydrogen-bond acceptors (Lipinski definition) is 4. The van der Waals surface area contributed by atoms with Crippen molar-refractivity contribution in [1.82, 2.24) is 9.80 Å². The number of aliphatic hydroxyl groups is 1. The van der Waals surface area contributed by atoms with Crippen molar-refractivity contribution in [3.8, 4) is 0 Å². The lowest BCUT2D eigenvalue weighted by Crippen LogP contribution is -2.51. The van der Waals surface area contributed by atoms with Crippen LogP contribution in [0.25, 0.3) is 0 Å². The third kappa shape index (κ3) is 4.16. The van der Waals surface area contributed by atoms with Gasteiger partial charge in [0.05, 0.1) is 35.9 Å². The number of likely N-dealkylation sites (tertiary alicyclic amines) is 1. The fraction of sp³-hybridized carbons (Fsp3) is 0.556. The average molecular weight is 385 g/mol. The normalized spacial score (nSPS) is 21.7. The molecule has 26 heavy (non-hydrogen) atoms. The third-order valence-electron chi connectivity index (χ3n) is 4.89. The van der Waals surface area contributed by atoms with E-state index in [-0.39, 0.29) is 42.2 Å². The molecule has 2 fully saturated rings. The fourth-order valence-corrected chi connectivity index (χ4v) is 3.63. The topological polar surface area (TPSA) is 70.1 Å². The van der Waals surface area contributed by atoms with E-state index in [0.29, 0.717) is 32.5 Å². The van der Waals surface area contributed by atoms with Crippen molar-refractivity contribution in [3.05, 3.63) is 34.6 Å². The highest BCUT2D eigenvalue weighted by Crippen LogP contribution is 2.24. The third-order valence-corrected chi connectivity index (χ3v) is 5.21. The lowest BCUT2D eigenvalue weighted by Gasteiger charge is -2.37. The number of piperidine rings is 1. The minimum Gasteiger partial charge on any atom is -0.393 e. The minimum absolute atomic E-state index is 0.0524. The quantitative estimate of drug-likeness (QED) is 0.861. The molecule has 1 aromatic rings. The summed E-state index contributed by atoms with van der Waals surface area (Å²) >= 11 is 6.01. The first kappa shape index (κ1) is 19.1. The second kappa shape index (κ2) is 8.33. The maximum atomic E-state index is 14.1. The lowest BCUT2D eigenvalue weighted by molar-refractivity contribution is -0.135. The van der Waals surface area contributed by atoms with Gasteiger partial charge in [-0.1, -0.05) is 17.7 Å². The van der Waals surface area contributed by atoms with Gasteiger partial charge in [-0.25, -0.2) is 4.39 Å². The SMILES string of the molecule is O=C(C[C@@H]1COCCN1C(=O)c1c(F)cccc1Cl)N1CCC(O)CC1. The molecule has 1 N–H and O–H groups in total. The van der Waals surface area contributed by atoms with Crippen molar-refractivity contribution in [2.24, 2.45) is 0 Å².